The molecule has 3 heterocycles. The van der Waals surface area contributed by atoms with Crippen LogP contribution in [0.2, 0.25) is 0 Å². The summed E-state index contributed by atoms with van der Waals surface area (Å²) >= 11 is 0. The van der Waals surface area contributed by atoms with E-state index >= 15 is 0 Å². The number of fused-ring (bicyclic) bond motifs is 3. The van der Waals surface area contributed by atoms with Crippen LogP contribution in [-0.2, 0) is 0 Å². The molecule has 0 bridgehead atoms. The number of aromatic nitrogens is 4. The molecule has 5 heteroatoms. The van der Waals surface area contributed by atoms with Crippen LogP contribution in [0.4, 0.5) is 0 Å². The van der Waals surface area contributed by atoms with E-state index in [1.165, 1.54) is 0 Å². The molecule has 0 amide bonds. The van der Waals surface area contributed by atoms with Crippen molar-refractivity contribution in [2.24, 2.45) is 0 Å². The van der Waals surface area contributed by atoms with Gasteiger partial charge in [-0.2, -0.15) is 0 Å². The molecule has 0 spiro atoms. The summed E-state index contributed by atoms with van der Waals surface area (Å²) in [6, 6.07) is 30.2. The van der Waals surface area contributed by atoms with Crippen molar-refractivity contribution in [3.05, 3.63) is 97.3 Å². The Labute approximate surface area is 172 Å². The predicted molar refractivity (Wildman–Crippen MR) is 117 cm³/mol. The zero-order valence-corrected chi connectivity index (χ0v) is 15.9. The van der Waals surface area contributed by atoms with E-state index in [9.17, 15) is 0 Å². The van der Waals surface area contributed by atoms with Gasteiger partial charge in [0.05, 0.1) is 5.39 Å². The molecule has 0 fully saturated rings. The van der Waals surface area contributed by atoms with E-state index in [2.05, 4.69) is 22.2 Å². The van der Waals surface area contributed by atoms with Crippen molar-refractivity contribution in [1.29, 1.82) is 0 Å². The smallest absolute Gasteiger partial charge is 0.232 e. The molecule has 0 aliphatic carbocycles. The molecule has 5 nitrogen and oxygen atoms in total. The van der Waals surface area contributed by atoms with Gasteiger partial charge >= 0.3 is 0 Å². The fourth-order valence-electron chi connectivity index (χ4n) is 3.78. The van der Waals surface area contributed by atoms with Gasteiger partial charge in [-0.25, -0.2) is 14.5 Å². The van der Waals surface area contributed by atoms with Crippen LogP contribution in [-0.4, -0.2) is 19.6 Å². The zero-order valence-electron chi connectivity index (χ0n) is 15.9. The summed E-state index contributed by atoms with van der Waals surface area (Å²) in [5.41, 5.74) is 5.25. The van der Waals surface area contributed by atoms with Crippen LogP contribution < -0.4 is 0 Å². The number of hydrogen-bond acceptors (Lipinski definition) is 4. The highest BCUT2D eigenvalue weighted by molar-refractivity contribution is 6.07. The van der Waals surface area contributed by atoms with E-state index < -0.39 is 0 Å². The van der Waals surface area contributed by atoms with Crippen molar-refractivity contribution in [2.75, 3.05) is 0 Å². The lowest BCUT2D eigenvalue weighted by atomic mass is 9.99. The second-order valence-electron chi connectivity index (χ2n) is 7.03. The normalized spacial score (nSPS) is 11.3. The average Bonchev–Trinajstić information content (AvgIpc) is 3.42. The largest absolute Gasteiger partial charge is 0.437 e. The molecule has 0 atom stereocenters. The Morgan fingerprint density at radius 2 is 1.27 bits per heavy atom. The second-order valence-corrected chi connectivity index (χ2v) is 7.03. The highest BCUT2D eigenvalue weighted by Crippen LogP contribution is 2.41. The number of rotatable bonds is 3. The first-order valence-electron chi connectivity index (χ1n) is 9.72. The standard InChI is InChI=1S/C25H16N4O/c1-4-10-17(11-5-1)20-21-24-27-23(19-14-8-3-9-15-19)28-29(24)16-26-25(21)30-22(20)18-12-6-2-7-13-18/h1-16H. The molecule has 3 aromatic carbocycles. The maximum Gasteiger partial charge on any atom is 0.232 e. The summed E-state index contributed by atoms with van der Waals surface area (Å²) in [5.74, 6) is 1.44. The zero-order chi connectivity index (χ0) is 19.9. The van der Waals surface area contributed by atoms with Crippen LogP contribution in [0.15, 0.2) is 102 Å². The molecule has 6 rings (SSSR count). The quantitative estimate of drug-likeness (QED) is 0.380. The van der Waals surface area contributed by atoms with E-state index in [4.69, 9.17) is 9.40 Å². The van der Waals surface area contributed by atoms with Crippen molar-refractivity contribution >= 4 is 16.7 Å². The Balaban J connectivity index is 1.70. The Hall–Kier alpha value is -4.25. The first-order chi connectivity index (χ1) is 14.9. The van der Waals surface area contributed by atoms with Gasteiger partial charge in [-0.1, -0.05) is 91.0 Å². The molecule has 0 saturated heterocycles. The van der Waals surface area contributed by atoms with Crippen molar-refractivity contribution in [1.82, 2.24) is 19.6 Å². The van der Waals surface area contributed by atoms with Crippen LogP contribution >= 0.6 is 0 Å². The summed E-state index contributed by atoms with van der Waals surface area (Å²) in [7, 11) is 0. The van der Waals surface area contributed by atoms with Gasteiger partial charge in [-0.15, -0.1) is 5.10 Å². The highest BCUT2D eigenvalue weighted by Gasteiger charge is 2.22. The Morgan fingerprint density at radius 1 is 0.667 bits per heavy atom. The molecule has 30 heavy (non-hydrogen) atoms. The second kappa shape index (κ2) is 6.67. The molecule has 0 aliphatic rings. The first-order valence-corrected chi connectivity index (χ1v) is 9.72. The molecule has 6 aromatic rings. The summed E-state index contributed by atoms with van der Waals surface area (Å²) in [6.45, 7) is 0. The molecule has 0 unspecified atom stereocenters. The van der Waals surface area contributed by atoms with Gasteiger partial charge in [0.1, 0.15) is 12.1 Å². The van der Waals surface area contributed by atoms with Gasteiger partial charge in [-0.3, -0.25) is 0 Å². The molecular weight excluding hydrogens is 372 g/mol. The highest BCUT2D eigenvalue weighted by atomic mass is 16.3. The van der Waals surface area contributed by atoms with Crippen molar-refractivity contribution in [3.8, 4) is 33.8 Å². The summed E-state index contributed by atoms with van der Waals surface area (Å²) in [5, 5.41) is 5.51. The van der Waals surface area contributed by atoms with Crippen LogP contribution in [0.25, 0.3) is 50.6 Å². The van der Waals surface area contributed by atoms with Crippen LogP contribution in [0.3, 0.4) is 0 Å². The maximum atomic E-state index is 6.27. The predicted octanol–water partition coefficient (Wildman–Crippen LogP) is 5.87. The Bertz CT molecular complexity index is 1470. The van der Waals surface area contributed by atoms with E-state index in [0.717, 1.165) is 39.0 Å². The number of nitrogens with zero attached hydrogens (tertiary/aromatic N) is 4. The maximum absolute atomic E-state index is 6.27. The number of furan rings is 1. The lowest BCUT2D eigenvalue weighted by molar-refractivity contribution is 0.617. The minimum Gasteiger partial charge on any atom is -0.437 e. The minimum absolute atomic E-state index is 0.548. The van der Waals surface area contributed by atoms with Crippen molar-refractivity contribution < 1.29 is 4.42 Å². The Kier molecular flexibility index (Phi) is 3.71. The van der Waals surface area contributed by atoms with Crippen molar-refractivity contribution in [2.45, 2.75) is 0 Å². The minimum atomic E-state index is 0.548. The topological polar surface area (TPSA) is 56.2 Å². The van der Waals surface area contributed by atoms with Gasteiger partial charge in [0.2, 0.25) is 5.71 Å². The molecule has 0 N–H and O–H groups in total. The molecule has 0 saturated carbocycles. The van der Waals surface area contributed by atoms with E-state index in [1.807, 2.05) is 78.9 Å². The van der Waals surface area contributed by atoms with Crippen LogP contribution in [0.1, 0.15) is 0 Å². The Morgan fingerprint density at radius 3 is 1.93 bits per heavy atom. The first kappa shape index (κ1) is 16.7. The third-order valence-electron chi connectivity index (χ3n) is 5.16. The number of hydrogen-bond donors (Lipinski definition) is 0. The molecule has 142 valence electrons. The van der Waals surface area contributed by atoms with Gasteiger partial charge < -0.3 is 4.42 Å². The molecular formula is C25H16N4O. The third kappa shape index (κ3) is 2.60. The SMILES string of the molecule is c1ccc(-c2nc3c4c(-c5ccccc5)c(-c5ccccc5)oc4ncn3n2)cc1. The van der Waals surface area contributed by atoms with Gasteiger partial charge in [0.15, 0.2) is 11.5 Å². The molecule has 0 aliphatic heterocycles. The fraction of sp³-hybridized carbons (Fsp3) is 0. The lowest BCUT2D eigenvalue weighted by Crippen LogP contribution is -1.90. The van der Waals surface area contributed by atoms with E-state index in [-0.39, 0.29) is 0 Å². The monoisotopic (exact) mass is 388 g/mol. The summed E-state index contributed by atoms with van der Waals surface area (Å²) in [4.78, 5) is 9.40. The van der Waals surface area contributed by atoms with Crippen molar-refractivity contribution in [3.63, 3.8) is 0 Å². The molecule has 3 aromatic heterocycles. The van der Waals surface area contributed by atoms with Gasteiger partial charge in [-0.05, 0) is 5.56 Å². The average molecular weight is 388 g/mol. The van der Waals surface area contributed by atoms with Crippen LogP contribution in [0.5, 0.6) is 0 Å². The summed E-state index contributed by atoms with van der Waals surface area (Å²) in [6.07, 6.45) is 1.66. The van der Waals surface area contributed by atoms with Crippen LogP contribution in [0, 0.1) is 0 Å². The number of benzene rings is 3. The lowest BCUT2D eigenvalue weighted by Gasteiger charge is -2.03. The van der Waals surface area contributed by atoms with Gasteiger partial charge in [0, 0.05) is 16.7 Å². The van der Waals surface area contributed by atoms with E-state index in [0.29, 0.717) is 11.5 Å². The summed E-state index contributed by atoms with van der Waals surface area (Å²) < 4.78 is 7.99. The van der Waals surface area contributed by atoms with E-state index in [1.54, 1.807) is 10.8 Å². The van der Waals surface area contributed by atoms with Gasteiger partial charge in [0.25, 0.3) is 0 Å². The third-order valence-corrected chi connectivity index (χ3v) is 5.16. The molecule has 0 radical (unpaired) electrons. The fourth-order valence-corrected chi connectivity index (χ4v) is 3.78.